The third-order valence-electron chi connectivity index (χ3n) is 2.43. The molecule has 15 heavy (non-hydrogen) atoms. The molecule has 1 aliphatic rings. The second kappa shape index (κ2) is 3.55. The number of hydrogen-bond donors (Lipinski definition) is 1. The maximum Gasteiger partial charge on any atom is 0.263 e. The number of aromatic nitrogens is 1. The quantitative estimate of drug-likeness (QED) is 0.829. The zero-order chi connectivity index (χ0) is 10.1. The van der Waals surface area contributed by atoms with Crippen LogP contribution < -0.4 is 5.32 Å². The normalized spacial score (nSPS) is 15.7. The number of nitrogens with one attached hydrogen (secondary N) is 1. The molecule has 0 aliphatic heterocycles. The highest BCUT2D eigenvalue weighted by atomic mass is 16.4. The summed E-state index contributed by atoms with van der Waals surface area (Å²) < 4.78 is 10.5. The zero-order valence-corrected chi connectivity index (χ0v) is 8.27. The molecule has 2 aromatic rings. The minimum atomic E-state index is 0.549. The van der Waals surface area contributed by atoms with Crippen LogP contribution in [0.5, 0.6) is 0 Å². The second-order valence-corrected chi connectivity index (χ2v) is 3.78. The first kappa shape index (κ1) is 8.73. The van der Waals surface area contributed by atoms with E-state index in [2.05, 4.69) is 10.3 Å². The van der Waals surface area contributed by atoms with Crippen molar-refractivity contribution in [1.82, 2.24) is 10.3 Å². The Morgan fingerprint density at radius 2 is 2.33 bits per heavy atom. The summed E-state index contributed by atoms with van der Waals surface area (Å²) in [5.41, 5.74) is 0.924. The highest BCUT2D eigenvalue weighted by Gasteiger charge is 2.20. The van der Waals surface area contributed by atoms with Crippen LogP contribution in [0, 0.1) is 0 Å². The van der Waals surface area contributed by atoms with E-state index >= 15 is 0 Å². The molecule has 0 amide bonds. The Morgan fingerprint density at radius 3 is 3.07 bits per heavy atom. The first-order valence-electron chi connectivity index (χ1n) is 5.13. The molecule has 78 valence electrons. The molecular formula is C11H12N2O2. The van der Waals surface area contributed by atoms with Gasteiger partial charge in [0, 0.05) is 12.6 Å². The predicted molar refractivity (Wildman–Crippen MR) is 54.1 cm³/mol. The molecule has 4 nitrogen and oxygen atoms in total. The lowest BCUT2D eigenvalue weighted by Gasteiger charge is -1.95. The fourth-order valence-electron chi connectivity index (χ4n) is 1.44. The number of rotatable bonds is 4. The van der Waals surface area contributed by atoms with Crippen LogP contribution >= 0.6 is 0 Å². The minimum absolute atomic E-state index is 0.549. The Kier molecular flexibility index (Phi) is 2.07. The Hall–Kier alpha value is -1.55. The van der Waals surface area contributed by atoms with Gasteiger partial charge >= 0.3 is 0 Å². The summed E-state index contributed by atoms with van der Waals surface area (Å²) in [5.74, 6) is 1.22. The molecule has 0 radical (unpaired) electrons. The van der Waals surface area contributed by atoms with Crippen LogP contribution in [0.2, 0.25) is 0 Å². The SMILES string of the molecule is c1coc(-c2nc(CNC3CC3)co2)c1. The lowest BCUT2D eigenvalue weighted by atomic mass is 10.4. The molecule has 0 bridgehead atoms. The monoisotopic (exact) mass is 204 g/mol. The molecule has 0 spiro atoms. The van der Waals surface area contributed by atoms with Crippen LogP contribution in [-0.4, -0.2) is 11.0 Å². The van der Waals surface area contributed by atoms with Gasteiger partial charge in [0.15, 0.2) is 5.76 Å². The average molecular weight is 204 g/mol. The van der Waals surface area contributed by atoms with Gasteiger partial charge in [-0.1, -0.05) is 0 Å². The summed E-state index contributed by atoms with van der Waals surface area (Å²) in [6.45, 7) is 0.773. The van der Waals surface area contributed by atoms with Gasteiger partial charge in [0.1, 0.15) is 6.26 Å². The summed E-state index contributed by atoms with van der Waals surface area (Å²) >= 11 is 0. The first-order chi connectivity index (χ1) is 7.42. The van der Waals surface area contributed by atoms with Crippen molar-refractivity contribution in [2.75, 3.05) is 0 Å². The standard InChI is InChI=1S/C11H12N2O2/c1-2-10(14-5-1)11-13-9(7-15-11)6-12-8-3-4-8/h1-2,5,7-8,12H,3-4,6H2. The smallest absolute Gasteiger partial charge is 0.263 e. The Bertz CT molecular complexity index is 429. The zero-order valence-electron chi connectivity index (χ0n) is 8.27. The van der Waals surface area contributed by atoms with E-state index in [0.717, 1.165) is 12.2 Å². The fraction of sp³-hybridized carbons (Fsp3) is 0.364. The molecule has 0 saturated heterocycles. The van der Waals surface area contributed by atoms with E-state index in [9.17, 15) is 0 Å². The second-order valence-electron chi connectivity index (χ2n) is 3.78. The molecule has 0 unspecified atom stereocenters. The van der Waals surface area contributed by atoms with Crippen molar-refractivity contribution in [2.24, 2.45) is 0 Å². The van der Waals surface area contributed by atoms with Crippen molar-refractivity contribution in [3.63, 3.8) is 0 Å². The van der Waals surface area contributed by atoms with Crippen molar-refractivity contribution in [2.45, 2.75) is 25.4 Å². The van der Waals surface area contributed by atoms with Crippen LogP contribution in [0.4, 0.5) is 0 Å². The molecule has 0 aromatic carbocycles. The topological polar surface area (TPSA) is 51.2 Å². The minimum Gasteiger partial charge on any atom is -0.459 e. The summed E-state index contributed by atoms with van der Waals surface area (Å²) in [6, 6.07) is 4.35. The average Bonchev–Trinajstić information content (AvgIpc) is 2.78. The van der Waals surface area contributed by atoms with Crippen molar-refractivity contribution < 1.29 is 8.83 Å². The van der Waals surface area contributed by atoms with Gasteiger partial charge in [-0.2, -0.15) is 0 Å². The summed E-state index contributed by atoms with van der Waals surface area (Å²) in [4.78, 5) is 4.33. The van der Waals surface area contributed by atoms with Crippen LogP contribution in [0.3, 0.4) is 0 Å². The van der Waals surface area contributed by atoms with Crippen molar-refractivity contribution >= 4 is 0 Å². The molecule has 1 fully saturated rings. The summed E-state index contributed by atoms with van der Waals surface area (Å²) in [6.07, 6.45) is 5.85. The van der Waals surface area contributed by atoms with Crippen molar-refractivity contribution in [3.05, 3.63) is 30.4 Å². The molecule has 3 rings (SSSR count). The van der Waals surface area contributed by atoms with Gasteiger partial charge in [-0.3, -0.25) is 0 Å². The molecule has 1 saturated carbocycles. The fourth-order valence-corrected chi connectivity index (χ4v) is 1.44. The van der Waals surface area contributed by atoms with Crippen molar-refractivity contribution in [1.29, 1.82) is 0 Å². The van der Waals surface area contributed by atoms with Crippen LogP contribution in [0.25, 0.3) is 11.7 Å². The van der Waals surface area contributed by atoms with Gasteiger partial charge in [-0.05, 0) is 25.0 Å². The molecule has 1 N–H and O–H groups in total. The van der Waals surface area contributed by atoms with Gasteiger partial charge in [0.25, 0.3) is 5.89 Å². The highest BCUT2D eigenvalue weighted by Crippen LogP contribution is 2.21. The highest BCUT2D eigenvalue weighted by molar-refractivity contribution is 5.43. The van der Waals surface area contributed by atoms with Gasteiger partial charge in [0.05, 0.1) is 12.0 Å². The molecule has 1 aliphatic carbocycles. The lowest BCUT2D eigenvalue weighted by molar-refractivity contribution is 0.516. The van der Waals surface area contributed by atoms with Crippen molar-refractivity contribution in [3.8, 4) is 11.7 Å². The van der Waals surface area contributed by atoms with Gasteiger partial charge < -0.3 is 14.2 Å². The van der Waals surface area contributed by atoms with E-state index in [1.54, 1.807) is 12.5 Å². The Balaban J connectivity index is 1.69. The van der Waals surface area contributed by atoms with Crippen LogP contribution in [0.15, 0.2) is 33.5 Å². The molecule has 4 heteroatoms. The molecule has 2 aromatic heterocycles. The van der Waals surface area contributed by atoms with Gasteiger partial charge in [-0.15, -0.1) is 0 Å². The summed E-state index contributed by atoms with van der Waals surface area (Å²) in [7, 11) is 0. The number of furan rings is 1. The van der Waals surface area contributed by atoms with E-state index in [1.807, 2.05) is 12.1 Å². The number of hydrogen-bond acceptors (Lipinski definition) is 4. The maximum absolute atomic E-state index is 5.32. The largest absolute Gasteiger partial charge is 0.459 e. The Labute approximate surface area is 87.3 Å². The maximum atomic E-state index is 5.32. The number of nitrogens with zero attached hydrogens (tertiary/aromatic N) is 1. The van der Waals surface area contributed by atoms with Gasteiger partial charge in [0.2, 0.25) is 0 Å². The lowest BCUT2D eigenvalue weighted by Crippen LogP contribution is -2.15. The van der Waals surface area contributed by atoms with E-state index in [1.165, 1.54) is 12.8 Å². The van der Waals surface area contributed by atoms with Crippen LogP contribution in [0.1, 0.15) is 18.5 Å². The summed E-state index contributed by atoms with van der Waals surface area (Å²) in [5, 5.41) is 3.38. The molecular weight excluding hydrogens is 192 g/mol. The number of oxazole rings is 1. The van der Waals surface area contributed by atoms with E-state index < -0.39 is 0 Å². The first-order valence-corrected chi connectivity index (χ1v) is 5.13. The van der Waals surface area contributed by atoms with E-state index in [4.69, 9.17) is 8.83 Å². The third-order valence-corrected chi connectivity index (χ3v) is 2.43. The van der Waals surface area contributed by atoms with Gasteiger partial charge in [-0.25, -0.2) is 4.98 Å². The molecule has 0 atom stereocenters. The van der Waals surface area contributed by atoms with E-state index in [0.29, 0.717) is 17.7 Å². The predicted octanol–water partition coefficient (Wildman–Crippen LogP) is 2.19. The third kappa shape index (κ3) is 1.94. The molecule has 2 heterocycles. The van der Waals surface area contributed by atoms with Crippen LogP contribution in [-0.2, 0) is 6.54 Å². The Morgan fingerprint density at radius 1 is 1.40 bits per heavy atom. The van der Waals surface area contributed by atoms with E-state index in [-0.39, 0.29) is 0 Å².